The van der Waals surface area contributed by atoms with Crippen molar-refractivity contribution >= 4 is 17.3 Å². The van der Waals surface area contributed by atoms with Crippen molar-refractivity contribution in [2.45, 2.75) is 20.0 Å². The zero-order valence-corrected chi connectivity index (χ0v) is 12.3. The van der Waals surface area contributed by atoms with Crippen molar-refractivity contribution in [2.75, 3.05) is 0 Å². The van der Waals surface area contributed by atoms with Crippen molar-refractivity contribution in [1.82, 2.24) is 0 Å². The van der Waals surface area contributed by atoms with E-state index in [4.69, 9.17) is 21.5 Å². The number of benzene rings is 2. The number of halogens is 2. The van der Waals surface area contributed by atoms with Crippen LogP contribution in [0.2, 0.25) is 5.02 Å². The first kappa shape index (κ1) is 15.3. The molecule has 0 unspecified atom stereocenters. The number of nitrogens with zero attached hydrogens (tertiary/aromatic N) is 1. The lowest BCUT2D eigenvalue weighted by Crippen LogP contribution is -2.01. The fourth-order valence-electron chi connectivity index (χ4n) is 1.90. The number of rotatable bonds is 5. The molecule has 5 heteroatoms. The Hall–Kier alpha value is -2.07. The Morgan fingerprint density at radius 2 is 1.95 bits per heavy atom. The average molecular weight is 308 g/mol. The molecule has 0 heterocycles. The third kappa shape index (κ3) is 3.73. The van der Waals surface area contributed by atoms with Crippen LogP contribution in [0.15, 0.2) is 47.6 Å². The van der Waals surface area contributed by atoms with Gasteiger partial charge in [-0.05, 0) is 48.4 Å². The Balaban J connectivity index is 2.08. The summed E-state index contributed by atoms with van der Waals surface area (Å²) >= 11 is 5.94. The summed E-state index contributed by atoms with van der Waals surface area (Å²) in [6.45, 7) is 1.96. The molecule has 0 aliphatic rings. The molecule has 2 aromatic rings. The Kier molecular flexibility index (Phi) is 5.17. The van der Waals surface area contributed by atoms with Gasteiger partial charge in [0.15, 0.2) is 0 Å². The minimum Gasteiger partial charge on any atom is -0.489 e. The van der Waals surface area contributed by atoms with E-state index in [2.05, 4.69) is 5.16 Å². The first-order valence-electron chi connectivity index (χ1n) is 6.52. The second-order valence-corrected chi connectivity index (χ2v) is 4.82. The monoisotopic (exact) mass is 307 g/mol. The number of oxime groups is 1. The summed E-state index contributed by atoms with van der Waals surface area (Å²) in [5.41, 5.74) is 1.74. The van der Waals surface area contributed by atoms with E-state index in [1.54, 1.807) is 36.4 Å². The number of hydrogen-bond acceptors (Lipinski definition) is 3. The van der Waals surface area contributed by atoms with Crippen LogP contribution in [0.5, 0.6) is 5.75 Å². The molecule has 1 N–H and O–H groups in total. The zero-order valence-electron chi connectivity index (χ0n) is 11.5. The molecule has 0 radical (unpaired) electrons. The molecule has 0 atom stereocenters. The minimum absolute atomic E-state index is 0.0551. The Labute approximate surface area is 127 Å². The maximum absolute atomic E-state index is 13.6. The summed E-state index contributed by atoms with van der Waals surface area (Å²) in [4.78, 5) is 0. The largest absolute Gasteiger partial charge is 0.489 e. The van der Waals surface area contributed by atoms with Crippen LogP contribution in [0, 0.1) is 5.82 Å². The molecule has 0 aliphatic heterocycles. The fraction of sp³-hybridized carbons (Fsp3) is 0.188. The van der Waals surface area contributed by atoms with E-state index >= 15 is 0 Å². The molecule has 0 bridgehead atoms. The molecule has 110 valence electrons. The fourth-order valence-corrected chi connectivity index (χ4v) is 2.12. The van der Waals surface area contributed by atoms with Crippen LogP contribution in [-0.2, 0) is 6.61 Å². The maximum atomic E-state index is 13.6. The first-order valence-corrected chi connectivity index (χ1v) is 6.90. The van der Waals surface area contributed by atoms with Crippen molar-refractivity contribution in [3.8, 4) is 5.75 Å². The highest BCUT2D eigenvalue weighted by Gasteiger charge is 2.08. The van der Waals surface area contributed by atoms with Crippen LogP contribution >= 0.6 is 11.6 Å². The molecule has 2 rings (SSSR count). The van der Waals surface area contributed by atoms with Crippen molar-refractivity contribution in [1.29, 1.82) is 0 Å². The molecule has 0 aliphatic carbocycles. The van der Waals surface area contributed by atoms with Gasteiger partial charge in [0, 0.05) is 5.56 Å². The molecular formula is C16H15ClFNO2. The Morgan fingerprint density at radius 3 is 2.52 bits per heavy atom. The predicted octanol–water partition coefficient (Wildman–Crippen LogP) is 4.65. The second-order valence-electron chi connectivity index (χ2n) is 4.41. The highest BCUT2D eigenvalue weighted by molar-refractivity contribution is 6.31. The average Bonchev–Trinajstić information content (AvgIpc) is 2.49. The van der Waals surface area contributed by atoms with Gasteiger partial charge in [0.2, 0.25) is 0 Å². The van der Waals surface area contributed by atoms with E-state index in [-0.39, 0.29) is 12.4 Å². The van der Waals surface area contributed by atoms with Gasteiger partial charge in [-0.3, -0.25) is 0 Å². The second kappa shape index (κ2) is 7.09. The summed E-state index contributed by atoms with van der Waals surface area (Å²) in [7, 11) is 0. The summed E-state index contributed by atoms with van der Waals surface area (Å²) in [5.74, 6) is 0.200. The van der Waals surface area contributed by atoms with E-state index in [1.807, 2.05) is 6.92 Å². The normalized spacial score (nSPS) is 11.5. The summed E-state index contributed by atoms with van der Waals surface area (Å²) in [6, 6.07) is 11.6. The maximum Gasteiger partial charge on any atom is 0.131 e. The first-order chi connectivity index (χ1) is 10.2. The highest BCUT2D eigenvalue weighted by atomic mass is 35.5. The van der Waals surface area contributed by atoms with E-state index in [9.17, 15) is 4.39 Å². The van der Waals surface area contributed by atoms with Gasteiger partial charge in [-0.2, -0.15) is 0 Å². The third-order valence-electron chi connectivity index (χ3n) is 3.09. The molecular weight excluding hydrogens is 293 g/mol. The predicted molar refractivity (Wildman–Crippen MR) is 80.8 cm³/mol. The lowest BCUT2D eigenvalue weighted by molar-refractivity contribution is 0.300. The Morgan fingerprint density at radius 1 is 1.24 bits per heavy atom. The van der Waals surface area contributed by atoms with Gasteiger partial charge < -0.3 is 9.94 Å². The Bertz CT molecular complexity index is 621. The molecule has 0 saturated heterocycles. The molecule has 3 nitrogen and oxygen atoms in total. The lowest BCUT2D eigenvalue weighted by atomic mass is 10.1. The van der Waals surface area contributed by atoms with Crippen LogP contribution in [0.4, 0.5) is 4.39 Å². The van der Waals surface area contributed by atoms with Gasteiger partial charge in [0.25, 0.3) is 0 Å². The number of hydrogen-bond donors (Lipinski definition) is 1. The van der Waals surface area contributed by atoms with Gasteiger partial charge in [0.05, 0.1) is 10.7 Å². The van der Waals surface area contributed by atoms with Crippen LogP contribution in [0.25, 0.3) is 0 Å². The van der Waals surface area contributed by atoms with Crippen LogP contribution in [0.3, 0.4) is 0 Å². The summed E-state index contributed by atoms with van der Waals surface area (Å²) in [6.07, 6.45) is 0.627. The van der Waals surface area contributed by atoms with Crippen molar-refractivity contribution in [3.63, 3.8) is 0 Å². The van der Waals surface area contributed by atoms with Gasteiger partial charge in [-0.1, -0.05) is 29.7 Å². The van der Waals surface area contributed by atoms with Gasteiger partial charge in [-0.25, -0.2) is 4.39 Å². The molecule has 0 amide bonds. The lowest BCUT2D eigenvalue weighted by Gasteiger charge is -2.09. The van der Waals surface area contributed by atoms with Crippen molar-refractivity contribution in [3.05, 3.63) is 64.4 Å². The summed E-state index contributed by atoms with van der Waals surface area (Å²) < 4.78 is 19.1. The standard InChI is InChI=1S/C16H15ClFNO2/c1-2-16(19-20)11-6-8-12(9-7-11)21-10-13-14(17)4-3-5-15(13)18/h3-9,20H,2,10H2,1H3. The zero-order chi connectivity index (χ0) is 15.2. The molecule has 0 fully saturated rings. The van der Waals surface area contributed by atoms with Gasteiger partial charge in [-0.15, -0.1) is 0 Å². The smallest absolute Gasteiger partial charge is 0.131 e. The highest BCUT2D eigenvalue weighted by Crippen LogP contribution is 2.22. The molecule has 0 aromatic heterocycles. The van der Waals surface area contributed by atoms with Crippen LogP contribution < -0.4 is 4.74 Å². The summed E-state index contributed by atoms with van der Waals surface area (Å²) in [5, 5.41) is 12.4. The third-order valence-corrected chi connectivity index (χ3v) is 3.44. The van der Waals surface area contributed by atoms with Gasteiger partial charge >= 0.3 is 0 Å². The van der Waals surface area contributed by atoms with E-state index in [1.165, 1.54) is 6.07 Å². The van der Waals surface area contributed by atoms with Crippen LogP contribution in [-0.4, -0.2) is 10.9 Å². The molecule has 21 heavy (non-hydrogen) atoms. The molecule has 0 saturated carbocycles. The quantitative estimate of drug-likeness (QED) is 0.496. The van der Waals surface area contributed by atoms with Crippen molar-refractivity contribution < 1.29 is 14.3 Å². The number of ether oxygens (including phenoxy) is 1. The van der Waals surface area contributed by atoms with Crippen LogP contribution in [0.1, 0.15) is 24.5 Å². The van der Waals surface area contributed by atoms with Gasteiger partial charge in [0.1, 0.15) is 18.2 Å². The van der Waals surface area contributed by atoms with E-state index < -0.39 is 0 Å². The molecule has 2 aromatic carbocycles. The van der Waals surface area contributed by atoms with Crippen molar-refractivity contribution in [2.24, 2.45) is 5.16 Å². The van der Waals surface area contributed by atoms with E-state index in [0.717, 1.165) is 5.56 Å². The molecule has 0 spiro atoms. The topological polar surface area (TPSA) is 41.8 Å². The van der Waals surface area contributed by atoms with E-state index in [0.29, 0.717) is 28.5 Å². The SMILES string of the molecule is CCC(=NO)c1ccc(OCc2c(F)cccc2Cl)cc1. The minimum atomic E-state index is -0.389.